The van der Waals surface area contributed by atoms with E-state index < -0.39 is 9.05 Å². The minimum absolute atomic E-state index is 0. The molecule has 0 bridgehead atoms. The van der Waals surface area contributed by atoms with Gasteiger partial charge in [0.15, 0.2) is 0 Å². The van der Waals surface area contributed by atoms with Gasteiger partial charge in [0.2, 0.25) is 0 Å². The van der Waals surface area contributed by atoms with Gasteiger partial charge in [0.25, 0.3) is 0 Å². The molecular formula is H11BaCaO4PSi. The SMILES string of the molecule is O[Si](O)(O)O.P.[BaH2].[CaH2]. The monoisotopic (exact) mass is 312 g/mol. The Morgan fingerprint density at radius 1 is 0.875 bits per heavy atom. The van der Waals surface area contributed by atoms with E-state index in [1.807, 2.05) is 0 Å². The van der Waals surface area contributed by atoms with Crippen molar-refractivity contribution in [3.05, 3.63) is 0 Å². The molecule has 4 nitrogen and oxygen atoms in total. The van der Waals surface area contributed by atoms with E-state index in [4.69, 9.17) is 19.2 Å². The first-order valence-electron chi connectivity index (χ1n) is 0.894. The molecule has 0 aliphatic rings. The fourth-order valence-corrected chi connectivity index (χ4v) is 0. The van der Waals surface area contributed by atoms with E-state index in [0.29, 0.717) is 0 Å². The molecule has 0 fully saturated rings. The Kier molecular flexibility index (Phi) is 29.0. The summed E-state index contributed by atoms with van der Waals surface area (Å²) >= 11 is 0. The maximum atomic E-state index is 7.33. The van der Waals surface area contributed by atoms with E-state index in [1.165, 1.54) is 0 Å². The third-order valence-electron chi connectivity index (χ3n) is 0. The predicted octanol–water partition coefficient (Wildman–Crippen LogP) is -4.38. The summed E-state index contributed by atoms with van der Waals surface area (Å²) in [6, 6.07) is 0. The van der Waals surface area contributed by atoms with Crippen LogP contribution in [0, 0.1) is 0 Å². The van der Waals surface area contributed by atoms with Gasteiger partial charge in [-0.05, 0) is 0 Å². The van der Waals surface area contributed by atoms with Crippen LogP contribution in [0.3, 0.4) is 0 Å². The van der Waals surface area contributed by atoms with E-state index in [0.717, 1.165) is 0 Å². The van der Waals surface area contributed by atoms with Crippen LogP contribution >= 0.6 is 9.90 Å². The molecule has 0 aromatic rings. The van der Waals surface area contributed by atoms with Gasteiger partial charge in [0.05, 0.1) is 0 Å². The standard InChI is InChI=1S/Ba.Ca.H4O4Si.H3P.4H/c;;1-5(2,3)4;;;;;/h;;1-4H;1H3;;;;. The van der Waals surface area contributed by atoms with Gasteiger partial charge in [-0.2, -0.15) is 9.90 Å². The van der Waals surface area contributed by atoms with Gasteiger partial charge >= 0.3 is 95.7 Å². The van der Waals surface area contributed by atoms with Crippen LogP contribution < -0.4 is 0 Å². The molecule has 0 amide bonds. The van der Waals surface area contributed by atoms with Crippen LogP contribution in [0.15, 0.2) is 0 Å². The summed E-state index contributed by atoms with van der Waals surface area (Å²) in [5, 5.41) is 0. The molecule has 8 heteroatoms. The number of hydrogen-bond acceptors (Lipinski definition) is 4. The summed E-state index contributed by atoms with van der Waals surface area (Å²) in [5.41, 5.74) is 0. The molecule has 4 N–H and O–H groups in total. The topological polar surface area (TPSA) is 80.9 Å². The van der Waals surface area contributed by atoms with Crippen molar-refractivity contribution in [2.45, 2.75) is 0 Å². The quantitative estimate of drug-likeness (QED) is 0.269. The number of rotatable bonds is 0. The Bertz CT molecular complexity index is 31.5. The van der Waals surface area contributed by atoms with Gasteiger partial charge in [0, 0.05) is 0 Å². The van der Waals surface area contributed by atoms with Gasteiger partial charge in [-0.15, -0.1) is 0 Å². The first-order chi connectivity index (χ1) is 2.00. The molecule has 0 aliphatic heterocycles. The Balaban J connectivity index is -0.0000000267. The molecule has 0 spiro atoms. The molecule has 0 radical (unpaired) electrons. The van der Waals surface area contributed by atoms with Crippen molar-refractivity contribution in [1.82, 2.24) is 0 Å². The summed E-state index contributed by atoms with van der Waals surface area (Å²) in [5.74, 6) is 0. The molecule has 0 aromatic heterocycles. The van der Waals surface area contributed by atoms with Crippen molar-refractivity contribution in [1.29, 1.82) is 0 Å². The van der Waals surface area contributed by atoms with Crippen LogP contribution in [0.2, 0.25) is 0 Å². The first kappa shape index (κ1) is 22.5. The van der Waals surface area contributed by atoms with Crippen molar-refractivity contribution in [2.75, 3.05) is 0 Å². The number of hydrogen-bond donors (Lipinski definition) is 4. The van der Waals surface area contributed by atoms with E-state index >= 15 is 0 Å². The first-order valence-corrected chi connectivity index (χ1v) is 2.68. The molecule has 0 saturated carbocycles. The van der Waals surface area contributed by atoms with Crippen LogP contribution in [-0.4, -0.2) is 115 Å². The summed E-state index contributed by atoms with van der Waals surface area (Å²) in [6.07, 6.45) is 0. The maximum absolute atomic E-state index is 7.33. The summed E-state index contributed by atoms with van der Waals surface area (Å²) in [4.78, 5) is 29.3. The Labute approximate surface area is 122 Å². The average Bonchev–Trinajstić information content (AvgIpc) is 0.722. The van der Waals surface area contributed by atoms with Crippen LogP contribution in [0.4, 0.5) is 0 Å². The molecular weight excluding hydrogens is 300 g/mol. The Morgan fingerprint density at radius 3 is 0.875 bits per heavy atom. The summed E-state index contributed by atoms with van der Waals surface area (Å²) in [6.45, 7) is 0. The van der Waals surface area contributed by atoms with Gasteiger partial charge in [-0.1, -0.05) is 0 Å². The predicted molar refractivity (Wildman–Crippen MR) is 42.8 cm³/mol. The van der Waals surface area contributed by atoms with Crippen molar-refractivity contribution >= 4 is 106 Å². The van der Waals surface area contributed by atoms with Crippen LogP contribution in [0.1, 0.15) is 0 Å². The molecule has 1 unspecified atom stereocenters. The zero-order valence-corrected chi connectivity index (χ0v) is 5.41. The zero-order chi connectivity index (χ0) is 4.50. The fourth-order valence-electron chi connectivity index (χ4n) is 0. The van der Waals surface area contributed by atoms with Crippen molar-refractivity contribution in [2.24, 2.45) is 0 Å². The van der Waals surface area contributed by atoms with Crippen molar-refractivity contribution in [3.63, 3.8) is 0 Å². The molecule has 0 aromatic carbocycles. The van der Waals surface area contributed by atoms with Gasteiger partial charge < -0.3 is 19.2 Å². The Hall–Kier alpha value is 3.32. The third kappa shape index (κ3) is 58.6. The molecule has 48 valence electrons. The van der Waals surface area contributed by atoms with E-state index in [-0.39, 0.29) is 96.5 Å². The van der Waals surface area contributed by atoms with Crippen LogP contribution in [0.25, 0.3) is 0 Å². The zero-order valence-electron chi connectivity index (χ0n) is 3.00. The van der Waals surface area contributed by atoms with Gasteiger partial charge in [-0.3, -0.25) is 0 Å². The molecule has 0 aliphatic carbocycles. The normalized spacial score (nSPS) is 7.50. The van der Waals surface area contributed by atoms with Gasteiger partial charge in [-0.25, -0.2) is 0 Å². The molecule has 1 atom stereocenters. The fraction of sp³-hybridized carbons (Fsp3) is 0. The molecule has 0 saturated heterocycles. The Morgan fingerprint density at radius 2 is 0.875 bits per heavy atom. The summed E-state index contributed by atoms with van der Waals surface area (Å²) < 4.78 is 0. The second-order valence-corrected chi connectivity index (χ2v) is 1.80. The van der Waals surface area contributed by atoms with Gasteiger partial charge in [0.1, 0.15) is 0 Å². The van der Waals surface area contributed by atoms with E-state index in [2.05, 4.69) is 0 Å². The van der Waals surface area contributed by atoms with Crippen LogP contribution in [-0.2, 0) is 0 Å². The third-order valence-corrected chi connectivity index (χ3v) is 0. The van der Waals surface area contributed by atoms with Crippen molar-refractivity contribution in [3.8, 4) is 0 Å². The van der Waals surface area contributed by atoms with E-state index in [9.17, 15) is 0 Å². The minimum atomic E-state index is -4.61. The molecule has 8 heavy (non-hydrogen) atoms. The summed E-state index contributed by atoms with van der Waals surface area (Å²) in [7, 11) is -4.61. The molecule has 0 heterocycles. The molecule has 0 rings (SSSR count). The van der Waals surface area contributed by atoms with Crippen molar-refractivity contribution < 1.29 is 19.2 Å². The second kappa shape index (κ2) is 10.3. The van der Waals surface area contributed by atoms with E-state index in [1.54, 1.807) is 0 Å². The van der Waals surface area contributed by atoms with Crippen LogP contribution in [0.5, 0.6) is 0 Å². The average molecular weight is 312 g/mol. The second-order valence-electron chi connectivity index (χ2n) is 0.600.